The van der Waals surface area contributed by atoms with Crippen molar-refractivity contribution >= 4 is 0 Å². The number of aliphatic hydroxyl groups is 1. The highest BCUT2D eigenvalue weighted by Gasteiger charge is 2.50. The number of nitrogens with zero attached hydrogens (tertiary/aromatic N) is 1. The SMILES string of the molecule is CCN(CC)[C@H]1[C@H]2OC[C@@H](O2)[C@@H](N)[C@@H]1O. The van der Waals surface area contributed by atoms with Crippen molar-refractivity contribution in [1.29, 1.82) is 0 Å². The molecule has 5 atom stereocenters. The van der Waals surface area contributed by atoms with Crippen molar-refractivity contribution in [3.63, 3.8) is 0 Å². The first-order valence-corrected chi connectivity index (χ1v) is 5.63. The van der Waals surface area contributed by atoms with Crippen LogP contribution in [-0.4, -0.2) is 60.3 Å². The summed E-state index contributed by atoms with van der Waals surface area (Å²) in [6, 6.07) is -0.469. The van der Waals surface area contributed by atoms with Crippen LogP contribution in [0.25, 0.3) is 0 Å². The number of aliphatic hydroxyl groups excluding tert-OH is 1. The van der Waals surface area contributed by atoms with Crippen molar-refractivity contribution in [2.45, 2.75) is 44.4 Å². The molecule has 3 N–H and O–H groups in total. The third kappa shape index (κ3) is 1.79. The summed E-state index contributed by atoms with van der Waals surface area (Å²) in [5, 5.41) is 10.1. The molecule has 2 heterocycles. The van der Waals surface area contributed by atoms with E-state index in [0.29, 0.717) is 6.61 Å². The van der Waals surface area contributed by atoms with E-state index in [1.54, 1.807) is 0 Å². The summed E-state index contributed by atoms with van der Waals surface area (Å²) >= 11 is 0. The Morgan fingerprint density at radius 1 is 1.40 bits per heavy atom. The minimum Gasteiger partial charge on any atom is -0.390 e. The molecule has 5 heteroatoms. The van der Waals surface area contributed by atoms with Crippen molar-refractivity contribution in [1.82, 2.24) is 4.90 Å². The first-order valence-electron chi connectivity index (χ1n) is 5.63. The molecule has 2 bridgehead atoms. The third-order valence-electron chi connectivity index (χ3n) is 3.42. The molecule has 0 aromatic carbocycles. The van der Waals surface area contributed by atoms with Gasteiger partial charge in [-0.05, 0) is 13.1 Å². The molecule has 2 aliphatic heterocycles. The van der Waals surface area contributed by atoms with Gasteiger partial charge >= 0.3 is 0 Å². The van der Waals surface area contributed by atoms with E-state index in [-0.39, 0.29) is 24.5 Å². The van der Waals surface area contributed by atoms with E-state index in [2.05, 4.69) is 18.7 Å². The van der Waals surface area contributed by atoms with Gasteiger partial charge in [0, 0.05) is 0 Å². The minimum absolute atomic E-state index is 0.131. The summed E-state index contributed by atoms with van der Waals surface area (Å²) in [4.78, 5) is 2.14. The highest BCUT2D eigenvalue weighted by Crippen LogP contribution is 2.30. The van der Waals surface area contributed by atoms with Gasteiger partial charge in [0.2, 0.25) is 0 Å². The Morgan fingerprint density at radius 2 is 2.07 bits per heavy atom. The van der Waals surface area contributed by atoms with Crippen LogP contribution in [0.4, 0.5) is 0 Å². The number of ether oxygens (including phenoxy) is 2. The number of nitrogens with two attached hydrogens (primary N) is 1. The predicted octanol–water partition coefficient (Wildman–Crippen LogP) is -0.860. The Hall–Kier alpha value is -0.200. The van der Waals surface area contributed by atoms with Gasteiger partial charge < -0.3 is 20.3 Å². The van der Waals surface area contributed by atoms with Crippen molar-refractivity contribution < 1.29 is 14.6 Å². The fourth-order valence-corrected chi connectivity index (χ4v) is 2.46. The molecule has 0 aromatic rings. The fourth-order valence-electron chi connectivity index (χ4n) is 2.46. The van der Waals surface area contributed by atoms with E-state index >= 15 is 0 Å². The van der Waals surface area contributed by atoms with Crippen LogP contribution in [0.15, 0.2) is 0 Å². The van der Waals surface area contributed by atoms with Crippen LogP contribution in [-0.2, 0) is 9.47 Å². The van der Waals surface area contributed by atoms with Crippen molar-refractivity contribution in [3.05, 3.63) is 0 Å². The van der Waals surface area contributed by atoms with Gasteiger partial charge in [-0.2, -0.15) is 0 Å². The third-order valence-corrected chi connectivity index (χ3v) is 3.42. The maximum Gasteiger partial charge on any atom is 0.176 e. The lowest BCUT2D eigenvalue weighted by atomic mass is 9.96. The number of likely N-dealkylation sites (N-methyl/N-ethyl adjacent to an activating group) is 1. The molecule has 5 nitrogen and oxygen atoms in total. The molecule has 2 rings (SSSR count). The molecular formula is C10H20N2O3. The summed E-state index contributed by atoms with van der Waals surface area (Å²) in [7, 11) is 0. The van der Waals surface area contributed by atoms with Crippen LogP contribution in [0, 0.1) is 0 Å². The fraction of sp³-hybridized carbons (Fsp3) is 1.00. The Balaban J connectivity index is 2.14. The Kier molecular flexibility index (Phi) is 3.27. The Morgan fingerprint density at radius 3 is 2.67 bits per heavy atom. The van der Waals surface area contributed by atoms with Gasteiger partial charge in [-0.3, -0.25) is 4.90 Å². The van der Waals surface area contributed by atoms with Crippen molar-refractivity contribution in [2.75, 3.05) is 19.7 Å². The highest BCUT2D eigenvalue weighted by molar-refractivity contribution is 4.99. The molecule has 0 radical (unpaired) electrons. The lowest BCUT2D eigenvalue weighted by Gasteiger charge is -2.42. The zero-order chi connectivity index (χ0) is 11.0. The summed E-state index contributed by atoms with van der Waals surface area (Å²) in [6.45, 7) is 6.34. The molecule has 0 aliphatic carbocycles. The molecule has 2 fully saturated rings. The Labute approximate surface area is 90.1 Å². The molecule has 0 spiro atoms. The zero-order valence-corrected chi connectivity index (χ0v) is 9.30. The maximum atomic E-state index is 10.1. The summed E-state index contributed by atoms with van der Waals surface area (Å²) in [6.07, 6.45) is -1.02. The second-order valence-corrected chi connectivity index (χ2v) is 4.16. The van der Waals surface area contributed by atoms with E-state index in [1.807, 2.05) is 0 Å². The normalized spacial score (nSPS) is 45.0. The highest BCUT2D eigenvalue weighted by atomic mass is 16.7. The molecule has 0 amide bonds. The van der Waals surface area contributed by atoms with Crippen LogP contribution in [0.3, 0.4) is 0 Å². The number of hydrogen-bond acceptors (Lipinski definition) is 5. The zero-order valence-electron chi connectivity index (χ0n) is 9.30. The lowest BCUT2D eigenvalue weighted by Crippen LogP contribution is -2.63. The van der Waals surface area contributed by atoms with Crippen molar-refractivity contribution in [3.8, 4) is 0 Å². The average molecular weight is 216 g/mol. The average Bonchev–Trinajstić information content (AvgIpc) is 2.68. The van der Waals surface area contributed by atoms with E-state index in [0.717, 1.165) is 13.1 Å². The van der Waals surface area contributed by atoms with Crippen LogP contribution in [0.5, 0.6) is 0 Å². The molecule has 0 aromatic heterocycles. The molecule has 88 valence electrons. The van der Waals surface area contributed by atoms with E-state index < -0.39 is 6.10 Å². The molecule has 0 unspecified atom stereocenters. The van der Waals surface area contributed by atoms with Gasteiger partial charge in [-0.15, -0.1) is 0 Å². The number of rotatable bonds is 3. The summed E-state index contributed by atoms with van der Waals surface area (Å²) in [5.74, 6) is 0. The van der Waals surface area contributed by atoms with Gasteiger partial charge in [-0.25, -0.2) is 0 Å². The van der Waals surface area contributed by atoms with E-state index in [4.69, 9.17) is 15.2 Å². The molecule has 2 aliphatic rings. The molecule has 0 saturated carbocycles. The van der Waals surface area contributed by atoms with Crippen LogP contribution >= 0.6 is 0 Å². The smallest absolute Gasteiger partial charge is 0.176 e. The van der Waals surface area contributed by atoms with Crippen LogP contribution < -0.4 is 5.73 Å². The largest absolute Gasteiger partial charge is 0.390 e. The van der Waals surface area contributed by atoms with Gasteiger partial charge in [0.1, 0.15) is 6.10 Å². The number of hydrogen-bond donors (Lipinski definition) is 2. The van der Waals surface area contributed by atoms with Crippen molar-refractivity contribution in [2.24, 2.45) is 5.73 Å². The molecular weight excluding hydrogens is 196 g/mol. The first kappa shape index (κ1) is 11.3. The predicted molar refractivity (Wildman–Crippen MR) is 55.3 cm³/mol. The van der Waals surface area contributed by atoms with Gasteiger partial charge in [-0.1, -0.05) is 13.8 Å². The first-order chi connectivity index (χ1) is 7.19. The van der Waals surface area contributed by atoms with Crippen LogP contribution in [0.2, 0.25) is 0 Å². The Bertz CT molecular complexity index is 221. The molecule has 15 heavy (non-hydrogen) atoms. The van der Waals surface area contributed by atoms with Gasteiger partial charge in [0.15, 0.2) is 6.29 Å². The second-order valence-electron chi connectivity index (χ2n) is 4.16. The van der Waals surface area contributed by atoms with Gasteiger partial charge in [0.25, 0.3) is 0 Å². The van der Waals surface area contributed by atoms with E-state index in [1.165, 1.54) is 0 Å². The monoisotopic (exact) mass is 216 g/mol. The topological polar surface area (TPSA) is 68.0 Å². The lowest BCUT2D eigenvalue weighted by molar-refractivity contribution is -0.176. The summed E-state index contributed by atoms with van der Waals surface area (Å²) in [5.41, 5.74) is 5.92. The van der Waals surface area contributed by atoms with Gasteiger partial charge in [0.05, 0.1) is 24.8 Å². The minimum atomic E-state index is -0.559. The quantitative estimate of drug-likeness (QED) is 0.642. The summed E-state index contributed by atoms with van der Waals surface area (Å²) < 4.78 is 11.1. The maximum absolute atomic E-state index is 10.1. The second kappa shape index (κ2) is 4.35. The molecule has 2 saturated heterocycles. The number of fused-ring (bicyclic) bond motifs is 2. The standard InChI is InChI=1S/C10H20N2O3/c1-3-12(4-2)8-9(13)7(11)6-5-14-10(8)15-6/h6-10,13H,3-5,11H2,1-2H3/t6-,7-,8-,9+,10+/m1/s1. The van der Waals surface area contributed by atoms with Crippen LogP contribution in [0.1, 0.15) is 13.8 Å². The van der Waals surface area contributed by atoms with E-state index in [9.17, 15) is 5.11 Å².